The van der Waals surface area contributed by atoms with Crippen molar-refractivity contribution in [1.82, 2.24) is 20.0 Å². The number of hydrogen-bond acceptors (Lipinski definition) is 8. The molecule has 1 aromatic rings. The van der Waals surface area contributed by atoms with Crippen LogP contribution in [-0.4, -0.2) is 46.3 Å². The van der Waals surface area contributed by atoms with E-state index >= 15 is 0 Å². The molecule has 1 aliphatic rings. The van der Waals surface area contributed by atoms with Gasteiger partial charge in [0, 0.05) is 31.5 Å². The highest BCUT2D eigenvalue weighted by Gasteiger charge is 2.28. The zero-order valence-corrected chi connectivity index (χ0v) is 26.3. The van der Waals surface area contributed by atoms with E-state index in [0.717, 1.165) is 44.9 Å². The summed E-state index contributed by atoms with van der Waals surface area (Å²) in [6, 6.07) is 1.53. The Kier molecular flexibility index (Phi) is 19.3. The number of carbonyl (C=O) groups is 1. The number of anilines is 1. The SMILES string of the molecule is CC/C=C\C/C=C\C/C=C\C/C=C\C/C=C\CCCC(=O)NCCN[PH](=O)OC[C@@H]1OC(n2ccc(N)nc2=O)CS1. The van der Waals surface area contributed by atoms with E-state index in [-0.39, 0.29) is 23.8 Å². The van der Waals surface area contributed by atoms with Crippen molar-refractivity contribution in [2.24, 2.45) is 0 Å². The molecule has 0 aromatic carbocycles. The lowest BCUT2D eigenvalue weighted by Gasteiger charge is -2.15. The molecule has 2 unspecified atom stereocenters. The quantitative estimate of drug-likeness (QED) is 0.0932. The minimum Gasteiger partial charge on any atom is -0.383 e. The molecular weight excluding hydrogens is 573 g/mol. The Hall–Kier alpha value is -2.69. The van der Waals surface area contributed by atoms with Crippen LogP contribution in [0.2, 0.25) is 0 Å². The van der Waals surface area contributed by atoms with Gasteiger partial charge in [0.05, 0.1) is 6.61 Å². The summed E-state index contributed by atoms with van der Waals surface area (Å²) in [6.45, 7) is 2.96. The topological polar surface area (TPSA) is 138 Å². The van der Waals surface area contributed by atoms with Gasteiger partial charge in [0.1, 0.15) is 17.5 Å². The summed E-state index contributed by atoms with van der Waals surface area (Å²) in [5.41, 5.74) is 4.69. The first-order valence-corrected chi connectivity index (χ1v) is 16.9. The van der Waals surface area contributed by atoms with Crippen molar-refractivity contribution < 1.29 is 18.6 Å². The monoisotopic (exact) mass is 619 g/mol. The Bertz CT molecular complexity index is 1150. The van der Waals surface area contributed by atoms with Crippen molar-refractivity contribution in [2.45, 2.75) is 70.0 Å². The maximum Gasteiger partial charge on any atom is 0.351 e. The lowest BCUT2D eigenvalue weighted by molar-refractivity contribution is -0.121. The maximum atomic E-state index is 12.1. The minimum atomic E-state index is -2.48. The van der Waals surface area contributed by atoms with Crippen LogP contribution in [0.3, 0.4) is 0 Å². The molecular formula is C30H46N5O5PS. The van der Waals surface area contributed by atoms with Gasteiger partial charge in [-0.3, -0.25) is 13.9 Å². The summed E-state index contributed by atoms with van der Waals surface area (Å²) in [6.07, 6.45) is 29.7. The molecule has 0 saturated carbocycles. The van der Waals surface area contributed by atoms with E-state index in [2.05, 4.69) is 83.1 Å². The van der Waals surface area contributed by atoms with Crippen molar-refractivity contribution in [2.75, 3.05) is 31.2 Å². The number of nitrogens with one attached hydrogen (secondary N) is 2. The third-order valence-corrected chi connectivity index (χ3v) is 7.96. The van der Waals surface area contributed by atoms with E-state index in [0.29, 0.717) is 25.3 Å². The molecule has 2 heterocycles. The van der Waals surface area contributed by atoms with E-state index in [1.54, 1.807) is 6.20 Å². The third-order valence-electron chi connectivity index (χ3n) is 5.89. The van der Waals surface area contributed by atoms with Crippen LogP contribution in [0.15, 0.2) is 77.8 Å². The van der Waals surface area contributed by atoms with Gasteiger partial charge in [0.25, 0.3) is 8.18 Å². The smallest absolute Gasteiger partial charge is 0.351 e. The van der Waals surface area contributed by atoms with Gasteiger partial charge < -0.3 is 20.3 Å². The highest BCUT2D eigenvalue weighted by Crippen LogP contribution is 2.32. The molecule has 1 aromatic heterocycles. The molecule has 1 fully saturated rings. The zero-order valence-electron chi connectivity index (χ0n) is 24.5. The lowest BCUT2D eigenvalue weighted by Crippen LogP contribution is -2.30. The van der Waals surface area contributed by atoms with Crippen LogP contribution >= 0.6 is 19.9 Å². The minimum absolute atomic E-state index is 0.0288. The molecule has 3 atom stereocenters. The number of amides is 1. The Morgan fingerprint density at radius 3 is 2.38 bits per heavy atom. The highest BCUT2D eigenvalue weighted by molar-refractivity contribution is 8.00. The normalized spacial score (nSPS) is 18.4. The Morgan fingerprint density at radius 2 is 1.74 bits per heavy atom. The van der Waals surface area contributed by atoms with Gasteiger partial charge in [0.2, 0.25) is 5.91 Å². The largest absolute Gasteiger partial charge is 0.383 e. The van der Waals surface area contributed by atoms with Crippen LogP contribution in [0.1, 0.15) is 64.5 Å². The fraction of sp³-hybridized carbons (Fsp3) is 0.500. The van der Waals surface area contributed by atoms with Gasteiger partial charge in [-0.1, -0.05) is 67.7 Å². The van der Waals surface area contributed by atoms with Crippen molar-refractivity contribution in [3.05, 3.63) is 83.5 Å². The molecule has 42 heavy (non-hydrogen) atoms. The molecule has 0 spiro atoms. The molecule has 2 rings (SSSR count). The summed E-state index contributed by atoms with van der Waals surface area (Å²) >= 11 is 1.47. The van der Waals surface area contributed by atoms with E-state index in [1.165, 1.54) is 22.4 Å². The molecule has 4 N–H and O–H groups in total. The fourth-order valence-corrected chi connectivity index (χ4v) is 5.56. The van der Waals surface area contributed by atoms with Gasteiger partial charge >= 0.3 is 5.69 Å². The number of rotatable bonds is 21. The van der Waals surface area contributed by atoms with Crippen molar-refractivity contribution >= 4 is 31.7 Å². The van der Waals surface area contributed by atoms with Gasteiger partial charge in [-0.25, -0.2) is 9.88 Å². The number of hydrogen-bond donors (Lipinski definition) is 3. The summed E-state index contributed by atoms with van der Waals surface area (Å²) in [7, 11) is -2.48. The predicted molar refractivity (Wildman–Crippen MR) is 174 cm³/mol. The Labute approximate surface area is 254 Å². The summed E-state index contributed by atoms with van der Waals surface area (Å²) in [4.78, 5) is 27.6. The molecule has 12 heteroatoms. The average molecular weight is 620 g/mol. The van der Waals surface area contributed by atoms with E-state index in [1.807, 2.05) is 0 Å². The summed E-state index contributed by atoms with van der Waals surface area (Å²) in [5, 5.41) is 5.60. The van der Waals surface area contributed by atoms with Crippen molar-refractivity contribution in [3.8, 4) is 0 Å². The number of aromatic nitrogens is 2. The molecule has 0 aliphatic carbocycles. The number of nitrogen functional groups attached to an aromatic ring is 1. The van der Waals surface area contributed by atoms with Crippen molar-refractivity contribution in [3.63, 3.8) is 0 Å². The second-order valence-corrected chi connectivity index (χ2v) is 11.8. The highest BCUT2D eigenvalue weighted by atomic mass is 32.2. The molecule has 1 amide bonds. The summed E-state index contributed by atoms with van der Waals surface area (Å²) in [5.74, 6) is 0.670. The Morgan fingerprint density at radius 1 is 1.10 bits per heavy atom. The predicted octanol–water partition coefficient (Wildman–Crippen LogP) is 5.45. The molecule has 0 radical (unpaired) electrons. The van der Waals surface area contributed by atoms with Crippen LogP contribution in [0.4, 0.5) is 5.82 Å². The van der Waals surface area contributed by atoms with Gasteiger partial charge in [-0.2, -0.15) is 4.98 Å². The maximum absolute atomic E-state index is 12.1. The van der Waals surface area contributed by atoms with Crippen molar-refractivity contribution in [1.29, 1.82) is 0 Å². The number of nitrogens with two attached hydrogens (primary N) is 1. The van der Waals surface area contributed by atoms with E-state index in [9.17, 15) is 14.2 Å². The van der Waals surface area contributed by atoms with Gasteiger partial charge in [-0.15, -0.1) is 11.8 Å². The standard InChI is InChI=1S/C30H46N5O5PS/c1-2-3-4-5-6-7-8-9-10-11-12-13-14-15-16-17-18-19-27(36)32-21-22-33-41(38)39-24-29-40-28(25-42-29)35-23-20-26(31)34-30(35)37/h3-4,6-7,9-10,12-13,15-16,20,23,28-29,41H,2,5,8,11,14,17-19,21-22,24-25H2,1H3,(H,32,36)(H,33,38)(H2,31,34,37)/b4-3-,7-6-,10-9-,13-12-,16-15-/t28?,29-/m1/s1. The second kappa shape index (κ2) is 22.9. The van der Waals surface area contributed by atoms with Crippen LogP contribution in [0.25, 0.3) is 0 Å². The summed E-state index contributed by atoms with van der Waals surface area (Å²) < 4.78 is 24.6. The van der Waals surface area contributed by atoms with Crippen LogP contribution in [-0.2, 0) is 18.6 Å². The first-order chi connectivity index (χ1) is 20.5. The molecule has 1 aliphatic heterocycles. The van der Waals surface area contributed by atoms with E-state index < -0.39 is 20.1 Å². The van der Waals surface area contributed by atoms with E-state index in [4.69, 9.17) is 15.0 Å². The van der Waals surface area contributed by atoms with Gasteiger partial charge in [0.15, 0.2) is 0 Å². The number of ether oxygens (including phenoxy) is 1. The number of nitrogens with zero attached hydrogens (tertiary/aromatic N) is 2. The number of unbranched alkanes of at least 4 members (excludes halogenated alkanes) is 1. The fourth-order valence-electron chi connectivity index (χ4n) is 3.72. The molecule has 232 valence electrons. The average Bonchev–Trinajstić information content (AvgIpc) is 3.44. The van der Waals surface area contributed by atoms with Crippen LogP contribution in [0.5, 0.6) is 0 Å². The molecule has 1 saturated heterocycles. The van der Waals surface area contributed by atoms with Crippen LogP contribution < -0.4 is 21.8 Å². The number of carbonyl (C=O) groups excluding carboxylic acids is 1. The number of thioether (sulfide) groups is 1. The molecule has 10 nitrogen and oxygen atoms in total. The Balaban J connectivity index is 1.42. The second-order valence-electron chi connectivity index (χ2n) is 9.37. The first-order valence-electron chi connectivity index (χ1n) is 14.5. The zero-order chi connectivity index (χ0) is 30.3. The lowest BCUT2D eigenvalue weighted by atomic mass is 10.2. The third kappa shape index (κ3) is 16.7. The number of allylic oxidation sites excluding steroid dienone is 10. The first kappa shape index (κ1) is 35.5. The van der Waals surface area contributed by atoms with Crippen LogP contribution in [0, 0.1) is 0 Å². The molecule has 0 bridgehead atoms. The van der Waals surface area contributed by atoms with Gasteiger partial charge in [-0.05, 0) is 51.0 Å².